The average molecular weight is 244 g/mol. The Balaban J connectivity index is 2.28. The maximum atomic E-state index is 12.8. The number of carbonyl (C=O) groups is 1. The van der Waals surface area contributed by atoms with Crippen LogP contribution < -0.4 is 4.74 Å². The molecule has 0 saturated carbocycles. The highest BCUT2D eigenvalue weighted by atomic mass is 19.1. The largest absolute Gasteiger partial charge is 0.457 e. The van der Waals surface area contributed by atoms with E-state index in [0.29, 0.717) is 23.5 Å². The molecule has 0 unspecified atom stereocenters. The summed E-state index contributed by atoms with van der Waals surface area (Å²) in [5.41, 5.74) is 0.546. The number of carbonyl (C=O) groups excluding carboxylic acids is 1. The van der Waals surface area contributed by atoms with E-state index in [4.69, 9.17) is 4.74 Å². The number of benzene rings is 2. The number of halogens is 1. The highest BCUT2D eigenvalue weighted by Gasteiger charge is 2.10. The maximum Gasteiger partial charge on any atom is 0.166 e. The van der Waals surface area contributed by atoms with E-state index >= 15 is 0 Å². The summed E-state index contributed by atoms with van der Waals surface area (Å²) in [5.74, 6) is 0.705. The smallest absolute Gasteiger partial charge is 0.166 e. The molecule has 2 aromatic rings. The topological polar surface area (TPSA) is 26.3 Å². The third-order valence-corrected chi connectivity index (χ3v) is 2.55. The predicted octanol–water partition coefficient (Wildman–Crippen LogP) is 4.21. The Morgan fingerprint density at radius 3 is 2.44 bits per heavy atom. The first-order valence-electron chi connectivity index (χ1n) is 5.76. The SMILES string of the molecule is CCC(=O)c1ccccc1Oc1ccc(F)cc1. The first-order valence-corrected chi connectivity index (χ1v) is 5.76. The third kappa shape index (κ3) is 2.74. The van der Waals surface area contributed by atoms with E-state index < -0.39 is 0 Å². The summed E-state index contributed by atoms with van der Waals surface area (Å²) in [7, 11) is 0. The lowest BCUT2D eigenvalue weighted by molar-refractivity contribution is 0.0986. The van der Waals surface area contributed by atoms with Gasteiger partial charge in [0, 0.05) is 6.42 Å². The van der Waals surface area contributed by atoms with Crippen LogP contribution in [0.15, 0.2) is 48.5 Å². The highest BCUT2D eigenvalue weighted by molar-refractivity contribution is 5.98. The molecule has 0 aliphatic rings. The van der Waals surface area contributed by atoms with Crippen molar-refractivity contribution in [1.82, 2.24) is 0 Å². The Hall–Kier alpha value is -2.16. The van der Waals surface area contributed by atoms with Gasteiger partial charge in [-0.3, -0.25) is 4.79 Å². The monoisotopic (exact) mass is 244 g/mol. The lowest BCUT2D eigenvalue weighted by atomic mass is 10.1. The van der Waals surface area contributed by atoms with Crippen LogP contribution >= 0.6 is 0 Å². The fraction of sp³-hybridized carbons (Fsp3) is 0.133. The molecule has 0 spiro atoms. The molecule has 18 heavy (non-hydrogen) atoms. The van der Waals surface area contributed by atoms with E-state index in [1.54, 1.807) is 31.2 Å². The Morgan fingerprint density at radius 1 is 1.11 bits per heavy atom. The molecule has 92 valence electrons. The number of para-hydroxylation sites is 1. The standard InChI is InChI=1S/C15H13FO2/c1-2-14(17)13-5-3-4-6-15(13)18-12-9-7-11(16)8-10-12/h3-10H,2H2,1H3. The normalized spacial score (nSPS) is 10.1. The van der Waals surface area contributed by atoms with Gasteiger partial charge in [-0.25, -0.2) is 4.39 Å². The van der Waals surface area contributed by atoms with Gasteiger partial charge in [0.2, 0.25) is 0 Å². The van der Waals surface area contributed by atoms with Crippen LogP contribution in [0.5, 0.6) is 11.5 Å². The van der Waals surface area contributed by atoms with Crippen molar-refractivity contribution >= 4 is 5.78 Å². The molecule has 0 atom stereocenters. The summed E-state index contributed by atoms with van der Waals surface area (Å²) in [6.07, 6.45) is 0.420. The number of ketones is 1. The molecule has 0 aliphatic heterocycles. The molecule has 0 fully saturated rings. The number of hydrogen-bond donors (Lipinski definition) is 0. The fourth-order valence-electron chi connectivity index (χ4n) is 1.61. The van der Waals surface area contributed by atoms with Crippen molar-refractivity contribution < 1.29 is 13.9 Å². The van der Waals surface area contributed by atoms with Gasteiger partial charge < -0.3 is 4.74 Å². The summed E-state index contributed by atoms with van der Waals surface area (Å²) in [6, 6.07) is 12.7. The van der Waals surface area contributed by atoms with Gasteiger partial charge in [0.05, 0.1) is 5.56 Å². The van der Waals surface area contributed by atoms with Crippen molar-refractivity contribution in [1.29, 1.82) is 0 Å². The Labute approximate surface area is 105 Å². The van der Waals surface area contributed by atoms with Gasteiger partial charge in [-0.15, -0.1) is 0 Å². The van der Waals surface area contributed by atoms with E-state index in [-0.39, 0.29) is 11.6 Å². The number of hydrogen-bond acceptors (Lipinski definition) is 2. The van der Waals surface area contributed by atoms with Crippen molar-refractivity contribution in [3.8, 4) is 11.5 Å². The zero-order valence-electron chi connectivity index (χ0n) is 10.0. The lowest BCUT2D eigenvalue weighted by Crippen LogP contribution is -1.99. The second-order valence-corrected chi connectivity index (χ2v) is 3.83. The summed E-state index contributed by atoms with van der Waals surface area (Å²) in [6.45, 7) is 1.80. The van der Waals surface area contributed by atoms with Gasteiger partial charge in [-0.1, -0.05) is 19.1 Å². The average Bonchev–Trinajstić information content (AvgIpc) is 2.41. The molecule has 0 saturated heterocycles. The maximum absolute atomic E-state index is 12.8. The molecular formula is C15H13FO2. The molecule has 2 rings (SSSR count). The predicted molar refractivity (Wildman–Crippen MR) is 67.5 cm³/mol. The Bertz CT molecular complexity index is 547. The molecule has 2 aromatic carbocycles. The van der Waals surface area contributed by atoms with Gasteiger partial charge in [-0.2, -0.15) is 0 Å². The molecule has 3 heteroatoms. The van der Waals surface area contributed by atoms with Gasteiger partial charge in [0.15, 0.2) is 5.78 Å². The second kappa shape index (κ2) is 5.45. The first-order chi connectivity index (χ1) is 8.70. The Kier molecular flexibility index (Phi) is 3.72. The highest BCUT2D eigenvalue weighted by Crippen LogP contribution is 2.26. The molecule has 0 bridgehead atoms. The first kappa shape index (κ1) is 12.3. The van der Waals surface area contributed by atoms with Gasteiger partial charge >= 0.3 is 0 Å². The van der Waals surface area contributed by atoms with Crippen LogP contribution in [0.1, 0.15) is 23.7 Å². The van der Waals surface area contributed by atoms with Crippen molar-refractivity contribution in [3.05, 3.63) is 59.9 Å². The van der Waals surface area contributed by atoms with E-state index in [1.165, 1.54) is 24.3 Å². The van der Waals surface area contributed by atoms with E-state index in [2.05, 4.69) is 0 Å². The van der Waals surface area contributed by atoms with Crippen LogP contribution in [0.2, 0.25) is 0 Å². The summed E-state index contributed by atoms with van der Waals surface area (Å²) >= 11 is 0. The van der Waals surface area contributed by atoms with Gasteiger partial charge in [0.25, 0.3) is 0 Å². The van der Waals surface area contributed by atoms with E-state index in [1.807, 2.05) is 0 Å². The quantitative estimate of drug-likeness (QED) is 0.753. The Morgan fingerprint density at radius 2 is 1.78 bits per heavy atom. The van der Waals surface area contributed by atoms with E-state index in [0.717, 1.165) is 0 Å². The van der Waals surface area contributed by atoms with E-state index in [9.17, 15) is 9.18 Å². The third-order valence-electron chi connectivity index (χ3n) is 2.55. The molecule has 0 amide bonds. The van der Waals surface area contributed by atoms with Crippen molar-refractivity contribution in [2.75, 3.05) is 0 Å². The minimum Gasteiger partial charge on any atom is -0.457 e. The number of Topliss-reactive ketones (excluding diaryl/α,β-unsaturated/α-hetero) is 1. The summed E-state index contributed by atoms with van der Waals surface area (Å²) in [4.78, 5) is 11.7. The van der Waals surface area contributed by atoms with Crippen LogP contribution in [0.25, 0.3) is 0 Å². The van der Waals surface area contributed by atoms with Crippen LogP contribution in [0.4, 0.5) is 4.39 Å². The molecule has 0 heterocycles. The molecule has 0 aromatic heterocycles. The second-order valence-electron chi connectivity index (χ2n) is 3.83. The number of rotatable bonds is 4. The number of ether oxygens (including phenoxy) is 1. The van der Waals surface area contributed by atoms with Crippen LogP contribution in [-0.4, -0.2) is 5.78 Å². The molecule has 0 aliphatic carbocycles. The van der Waals surface area contributed by atoms with Crippen LogP contribution in [0.3, 0.4) is 0 Å². The minimum absolute atomic E-state index is 0.0210. The minimum atomic E-state index is -0.319. The van der Waals surface area contributed by atoms with Crippen molar-refractivity contribution in [3.63, 3.8) is 0 Å². The van der Waals surface area contributed by atoms with Gasteiger partial charge in [0.1, 0.15) is 17.3 Å². The molecule has 2 nitrogen and oxygen atoms in total. The lowest BCUT2D eigenvalue weighted by Gasteiger charge is -2.09. The summed E-state index contributed by atoms with van der Waals surface area (Å²) in [5, 5.41) is 0. The van der Waals surface area contributed by atoms with Crippen molar-refractivity contribution in [2.45, 2.75) is 13.3 Å². The zero-order chi connectivity index (χ0) is 13.0. The molecular weight excluding hydrogens is 231 g/mol. The van der Waals surface area contributed by atoms with Crippen LogP contribution in [-0.2, 0) is 0 Å². The van der Waals surface area contributed by atoms with Crippen molar-refractivity contribution in [2.24, 2.45) is 0 Å². The van der Waals surface area contributed by atoms with Crippen LogP contribution in [0, 0.1) is 5.82 Å². The van der Waals surface area contributed by atoms with Gasteiger partial charge in [-0.05, 0) is 36.4 Å². The fourth-order valence-corrected chi connectivity index (χ4v) is 1.61. The summed E-state index contributed by atoms with van der Waals surface area (Å²) < 4.78 is 18.4. The zero-order valence-corrected chi connectivity index (χ0v) is 10.0. The molecule has 0 radical (unpaired) electrons. The molecule has 0 N–H and O–H groups in total.